The van der Waals surface area contributed by atoms with Crippen molar-refractivity contribution in [2.75, 3.05) is 0 Å². The molecule has 2 radical (unpaired) electrons. The molecule has 1 heteroatoms. The molecule has 0 atom stereocenters. The van der Waals surface area contributed by atoms with E-state index in [1.807, 2.05) is 0 Å². The molecule has 0 aliphatic carbocycles. The van der Waals surface area contributed by atoms with Crippen LogP contribution in [0, 0.1) is 42.5 Å². The van der Waals surface area contributed by atoms with E-state index in [1.165, 1.54) is 57.8 Å². The van der Waals surface area contributed by atoms with Gasteiger partial charge in [0, 0.05) is 35.6 Å². The summed E-state index contributed by atoms with van der Waals surface area (Å²) < 4.78 is 0. The summed E-state index contributed by atoms with van der Waals surface area (Å²) in [4.78, 5) is 0. The van der Waals surface area contributed by atoms with Crippen molar-refractivity contribution in [3.8, 4) is 0 Å². The van der Waals surface area contributed by atoms with Gasteiger partial charge in [0.05, 0.1) is 0 Å². The first-order valence-electron chi connectivity index (χ1n) is 5.71. The van der Waals surface area contributed by atoms with Gasteiger partial charge in [0.1, 0.15) is 0 Å². The molecule has 0 aromatic rings. The molecule has 0 amide bonds. The van der Waals surface area contributed by atoms with Crippen molar-refractivity contribution < 1.29 is 35.6 Å². The molecule has 0 aliphatic heterocycles. The predicted molar refractivity (Wildman–Crippen MR) is 57.2 cm³/mol. The van der Waals surface area contributed by atoms with Crippen LogP contribution in [0.4, 0.5) is 0 Å². The van der Waals surface area contributed by atoms with E-state index in [1.54, 1.807) is 0 Å². The summed E-state index contributed by atoms with van der Waals surface area (Å²) in [5.74, 6) is 0. The molecule has 0 aromatic carbocycles. The van der Waals surface area contributed by atoms with Gasteiger partial charge in [-0.25, -0.2) is 0 Å². The van der Waals surface area contributed by atoms with E-state index in [2.05, 4.69) is 13.8 Å². The molecule has 0 heterocycles. The third kappa shape index (κ3) is 15.9. The van der Waals surface area contributed by atoms with Crippen molar-refractivity contribution in [2.45, 2.75) is 71.1 Å². The van der Waals surface area contributed by atoms with E-state index in [0.29, 0.717) is 0 Å². The second kappa shape index (κ2) is 15.7. The van der Waals surface area contributed by atoms with Gasteiger partial charge in [0.15, 0.2) is 0 Å². The number of hydrogen-bond acceptors (Lipinski definition) is 0. The number of unbranched alkanes of at least 4 members (excludes halogenated alkanes) is 9. The average molecular weight is 308 g/mol. The molecule has 0 spiro atoms. The van der Waals surface area contributed by atoms with Crippen LogP contribution in [0.3, 0.4) is 0 Å². The zero-order chi connectivity index (χ0) is 9.07. The number of rotatable bonds is 9. The molecular weight excluding hydrogens is 283 g/mol. The van der Waals surface area contributed by atoms with Crippen molar-refractivity contribution in [3.63, 3.8) is 0 Å². The molecule has 0 unspecified atom stereocenters. The van der Waals surface area contributed by atoms with Crippen molar-refractivity contribution in [3.05, 3.63) is 6.92 Å². The van der Waals surface area contributed by atoms with Gasteiger partial charge in [-0.15, -0.1) is 0 Å². The van der Waals surface area contributed by atoms with Gasteiger partial charge in [-0.1, -0.05) is 78.1 Å². The second-order valence-electron chi connectivity index (χ2n) is 3.68. The summed E-state index contributed by atoms with van der Waals surface area (Å²) in [5.41, 5.74) is 0. The quantitative estimate of drug-likeness (QED) is 0.540. The monoisotopic (exact) mass is 308 g/mol. The average Bonchev–Trinajstić information content (AvgIpc) is 2.10. The Morgan fingerprint density at radius 2 is 1.08 bits per heavy atom. The maximum Gasteiger partial charge on any atom is 0 e. The van der Waals surface area contributed by atoms with Crippen molar-refractivity contribution in [1.82, 2.24) is 0 Å². The molecule has 0 nitrogen and oxygen atoms in total. The minimum absolute atomic E-state index is 0. The van der Waals surface area contributed by atoms with E-state index >= 15 is 0 Å². The molecule has 0 aliphatic rings. The van der Waals surface area contributed by atoms with Gasteiger partial charge in [0.2, 0.25) is 0 Å². The van der Waals surface area contributed by atoms with Crippen LogP contribution in [0.1, 0.15) is 71.1 Å². The normalized spacial score (nSPS) is 9.69. The van der Waals surface area contributed by atoms with Crippen LogP contribution in [0.2, 0.25) is 0 Å². The van der Waals surface area contributed by atoms with E-state index in [-0.39, 0.29) is 35.6 Å². The first-order chi connectivity index (χ1) is 5.91. The Balaban J connectivity index is 0. The van der Waals surface area contributed by atoms with Gasteiger partial charge in [-0.3, -0.25) is 0 Å². The van der Waals surface area contributed by atoms with Crippen LogP contribution in [0.5, 0.6) is 0 Å². The zero-order valence-electron chi connectivity index (χ0n) is 9.36. The standard InChI is InChI=1S/C12H25.La/c1-3-5-7-9-11-12-10-8-6-4-2;/h1,3-12H2,2H3;. The fourth-order valence-corrected chi connectivity index (χ4v) is 1.49. The molecular formula is C12H25La. The summed E-state index contributed by atoms with van der Waals surface area (Å²) in [6, 6.07) is 0. The smallest absolute Gasteiger partial charge is 0 e. The van der Waals surface area contributed by atoms with Crippen LogP contribution >= 0.6 is 0 Å². The van der Waals surface area contributed by atoms with E-state index in [0.717, 1.165) is 6.42 Å². The molecule has 0 saturated heterocycles. The van der Waals surface area contributed by atoms with Gasteiger partial charge in [-0.05, 0) is 0 Å². The van der Waals surface area contributed by atoms with Crippen molar-refractivity contribution >= 4 is 0 Å². The molecule has 0 saturated carbocycles. The first kappa shape index (κ1) is 16.6. The fourth-order valence-electron chi connectivity index (χ4n) is 1.49. The van der Waals surface area contributed by atoms with Crippen molar-refractivity contribution in [2.24, 2.45) is 0 Å². The Labute approximate surface area is 113 Å². The molecule has 0 N–H and O–H groups in total. The first-order valence-corrected chi connectivity index (χ1v) is 5.71. The topological polar surface area (TPSA) is 0 Å². The summed E-state index contributed by atoms with van der Waals surface area (Å²) >= 11 is 0. The third-order valence-electron chi connectivity index (χ3n) is 2.35. The molecule has 76 valence electrons. The maximum atomic E-state index is 3.84. The summed E-state index contributed by atoms with van der Waals surface area (Å²) in [6.07, 6.45) is 13.9. The van der Waals surface area contributed by atoms with Crippen LogP contribution in [0.15, 0.2) is 0 Å². The van der Waals surface area contributed by atoms with Gasteiger partial charge in [0.25, 0.3) is 0 Å². The number of hydrogen-bond donors (Lipinski definition) is 0. The minimum atomic E-state index is 0. The van der Waals surface area contributed by atoms with Crippen molar-refractivity contribution in [1.29, 1.82) is 0 Å². The maximum absolute atomic E-state index is 3.84. The van der Waals surface area contributed by atoms with E-state index < -0.39 is 0 Å². The Hall–Kier alpha value is 1.19. The van der Waals surface area contributed by atoms with Crippen LogP contribution < -0.4 is 0 Å². The zero-order valence-corrected chi connectivity index (χ0v) is 13.0. The van der Waals surface area contributed by atoms with Gasteiger partial charge < -0.3 is 0 Å². The minimum Gasteiger partial charge on any atom is -0.0654 e. The Morgan fingerprint density at radius 3 is 1.46 bits per heavy atom. The summed E-state index contributed by atoms with van der Waals surface area (Å²) in [7, 11) is 0. The molecule has 13 heavy (non-hydrogen) atoms. The van der Waals surface area contributed by atoms with Crippen LogP contribution in [-0.2, 0) is 0 Å². The SMILES string of the molecule is [CH2]CCCCCCCCCCC.[La]. The fraction of sp³-hybridized carbons (Fsp3) is 0.917. The molecule has 0 bridgehead atoms. The molecule has 0 aromatic heterocycles. The summed E-state index contributed by atoms with van der Waals surface area (Å²) in [5, 5.41) is 0. The Kier molecular flexibility index (Phi) is 20.0. The summed E-state index contributed by atoms with van der Waals surface area (Å²) in [6.45, 7) is 6.12. The Morgan fingerprint density at radius 1 is 0.692 bits per heavy atom. The van der Waals surface area contributed by atoms with Gasteiger partial charge >= 0.3 is 0 Å². The van der Waals surface area contributed by atoms with E-state index in [9.17, 15) is 0 Å². The van der Waals surface area contributed by atoms with Crippen LogP contribution in [0.25, 0.3) is 0 Å². The third-order valence-corrected chi connectivity index (χ3v) is 2.35. The van der Waals surface area contributed by atoms with Crippen LogP contribution in [-0.4, -0.2) is 0 Å². The Bertz CT molecular complexity index is 61.5. The second-order valence-corrected chi connectivity index (χ2v) is 3.68. The molecule has 0 fully saturated rings. The van der Waals surface area contributed by atoms with E-state index in [4.69, 9.17) is 0 Å². The van der Waals surface area contributed by atoms with Gasteiger partial charge in [-0.2, -0.15) is 0 Å². The molecule has 0 rings (SSSR count). The largest absolute Gasteiger partial charge is 0.0654 e. The predicted octanol–water partition coefficient (Wildman–Crippen LogP) is 4.74.